The summed E-state index contributed by atoms with van der Waals surface area (Å²) in [6, 6.07) is 1.60. The van der Waals surface area contributed by atoms with Gasteiger partial charge >= 0.3 is 5.97 Å². The minimum Gasteiger partial charge on any atom is -0.504 e. The van der Waals surface area contributed by atoms with Gasteiger partial charge in [-0.3, -0.25) is 0 Å². The third-order valence-electron chi connectivity index (χ3n) is 1.65. The van der Waals surface area contributed by atoms with E-state index in [4.69, 9.17) is 20.4 Å². The van der Waals surface area contributed by atoms with E-state index in [2.05, 4.69) is 0 Å². The van der Waals surface area contributed by atoms with Gasteiger partial charge in [-0.05, 0) is 12.1 Å². The highest BCUT2D eigenvalue weighted by Gasteiger charge is 2.25. The summed E-state index contributed by atoms with van der Waals surface area (Å²) >= 11 is 0. The van der Waals surface area contributed by atoms with Gasteiger partial charge < -0.3 is 20.4 Å². The Balaban J connectivity index is 3.32. The lowest BCUT2D eigenvalue weighted by molar-refractivity contribution is -0.147. The van der Waals surface area contributed by atoms with Crippen molar-refractivity contribution in [3.05, 3.63) is 23.5 Å². The van der Waals surface area contributed by atoms with E-state index in [-0.39, 0.29) is 0 Å². The zero-order valence-electron chi connectivity index (χ0n) is 6.81. The van der Waals surface area contributed by atoms with E-state index in [1.54, 1.807) is 0 Å². The van der Waals surface area contributed by atoms with Crippen LogP contribution in [0.5, 0.6) is 11.5 Å². The van der Waals surface area contributed by atoms with E-state index in [9.17, 15) is 9.18 Å². The molecule has 0 bridgehead atoms. The van der Waals surface area contributed by atoms with Crippen molar-refractivity contribution in [3.63, 3.8) is 0 Å². The normalized spacial score (nSPS) is 12.4. The second-order valence-corrected chi connectivity index (χ2v) is 2.57. The van der Waals surface area contributed by atoms with Crippen LogP contribution in [-0.2, 0) is 4.79 Å². The van der Waals surface area contributed by atoms with Gasteiger partial charge in [-0.2, -0.15) is 0 Å². The predicted octanol–water partition coefficient (Wildman–Crippen LogP) is 0.355. The number of rotatable bonds is 2. The average Bonchev–Trinajstić information content (AvgIpc) is 2.12. The lowest BCUT2D eigenvalue weighted by Gasteiger charge is -2.09. The van der Waals surface area contributed by atoms with Crippen LogP contribution in [0, 0.1) is 5.82 Å². The van der Waals surface area contributed by atoms with Crippen LogP contribution in [0.1, 0.15) is 11.7 Å². The Hall–Kier alpha value is -1.82. The molecule has 76 valence electrons. The van der Waals surface area contributed by atoms with Gasteiger partial charge in [-0.25, -0.2) is 9.18 Å². The maximum atomic E-state index is 12.9. The van der Waals surface area contributed by atoms with Crippen molar-refractivity contribution in [2.75, 3.05) is 0 Å². The van der Waals surface area contributed by atoms with Crippen molar-refractivity contribution >= 4 is 5.97 Å². The van der Waals surface area contributed by atoms with Gasteiger partial charge in [0.05, 0.1) is 5.56 Å². The van der Waals surface area contributed by atoms with E-state index >= 15 is 0 Å². The van der Waals surface area contributed by atoms with Crippen LogP contribution in [0.15, 0.2) is 12.1 Å². The molecule has 0 aliphatic heterocycles. The van der Waals surface area contributed by atoms with Crippen LogP contribution < -0.4 is 0 Å². The van der Waals surface area contributed by atoms with Crippen LogP contribution >= 0.6 is 0 Å². The smallest absolute Gasteiger partial charge is 0.337 e. The summed E-state index contributed by atoms with van der Waals surface area (Å²) in [5.41, 5.74) is -0.850. The summed E-state index contributed by atoms with van der Waals surface area (Å²) in [5, 5.41) is 35.4. The maximum Gasteiger partial charge on any atom is 0.337 e. The number of hydrogen-bond acceptors (Lipinski definition) is 4. The number of phenolic OH excluding ortho intramolecular Hbond substituents is 2. The molecule has 0 fully saturated rings. The summed E-state index contributed by atoms with van der Waals surface area (Å²) in [6.45, 7) is 0. The van der Waals surface area contributed by atoms with Gasteiger partial charge in [0.2, 0.25) is 0 Å². The van der Waals surface area contributed by atoms with Crippen molar-refractivity contribution in [2.45, 2.75) is 6.10 Å². The number of halogens is 1. The molecule has 0 spiro atoms. The highest BCUT2D eigenvalue weighted by molar-refractivity contribution is 5.75. The third kappa shape index (κ3) is 1.60. The van der Waals surface area contributed by atoms with Crippen molar-refractivity contribution in [1.29, 1.82) is 0 Å². The van der Waals surface area contributed by atoms with Crippen molar-refractivity contribution in [2.24, 2.45) is 0 Å². The third-order valence-corrected chi connectivity index (χ3v) is 1.65. The van der Waals surface area contributed by atoms with Crippen LogP contribution in [0.2, 0.25) is 0 Å². The second kappa shape index (κ2) is 3.51. The van der Waals surface area contributed by atoms with E-state index in [1.165, 1.54) is 0 Å². The highest BCUT2D eigenvalue weighted by Crippen LogP contribution is 2.34. The number of aliphatic carboxylic acids is 1. The number of benzene rings is 1. The number of hydrogen-bond donors (Lipinski definition) is 4. The molecule has 0 aromatic heterocycles. The van der Waals surface area contributed by atoms with Crippen molar-refractivity contribution in [3.8, 4) is 11.5 Å². The maximum absolute atomic E-state index is 12.9. The topological polar surface area (TPSA) is 98.0 Å². The summed E-state index contributed by atoms with van der Waals surface area (Å²) in [5.74, 6) is -4.48. The Morgan fingerprint density at radius 2 is 1.93 bits per heavy atom. The van der Waals surface area contributed by atoms with Gasteiger partial charge in [-0.1, -0.05) is 0 Å². The van der Waals surface area contributed by atoms with Crippen LogP contribution in [0.25, 0.3) is 0 Å². The molecule has 1 aromatic carbocycles. The molecule has 4 N–H and O–H groups in total. The van der Waals surface area contributed by atoms with Crippen LogP contribution in [-0.4, -0.2) is 26.4 Å². The van der Waals surface area contributed by atoms with Crippen LogP contribution in [0.4, 0.5) is 4.39 Å². The van der Waals surface area contributed by atoms with Crippen LogP contribution in [0.3, 0.4) is 0 Å². The molecule has 1 rings (SSSR count). The Kier molecular flexibility index (Phi) is 2.57. The number of carboxylic acid groups (broad SMARTS) is 1. The summed E-state index contributed by atoms with van der Waals surface area (Å²) in [7, 11) is 0. The molecule has 14 heavy (non-hydrogen) atoms. The second-order valence-electron chi connectivity index (χ2n) is 2.57. The number of aliphatic hydroxyl groups is 1. The number of phenols is 2. The molecule has 0 radical (unpaired) electrons. The molecule has 6 heteroatoms. The van der Waals surface area contributed by atoms with Gasteiger partial charge in [-0.15, -0.1) is 0 Å². The number of aliphatic hydroxyl groups excluding tert-OH is 1. The molecule has 0 saturated heterocycles. The van der Waals surface area contributed by atoms with Gasteiger partial charge in [0, 0.05) is 0 Å². The van der Waals surface area contributed by atoms with E-state index < -0.39 is 35.0 Å². The first-order valence-electron chi connectivity index (χ1n) is 3.56. The van der Waals surface area contributed by atoms with Crippen molar-refractivity contribution < 1.29 is 29.6 Å². The fourth-order valence-electron chi connectivity index (χ4n) is 0.955. The molecule has 0 aliphatic rings. The molecular weight excluding hydrogens is 195 g/mol. The van der Waals surface area contributed by atoms with Gasteiger partial charge in [0.1, 0.15) is 5.82 Å². The molecule has 0 aliphatic carbocycles. The lowest BCUT2D eigenvalue weighted by Crippen LogP contribution is -2.12. The average molecular weight is 202 g/mol. The Labute approximate surface area is 77.7 Å². The van der Waals surface area contributed by atoms with E-state index in [0.717, 1.165) is 12.1 Å². The monoisotopic (exact) mass is 202 g/mol. The molecule has 0 amide bonds. The lowest BCUT2D eigenvalue weighted by atomic mass is 10.1. The molecule has 5 nitrogen and oxygen atoms in total. The molecule has 1 aromatic rings. The minimum atomic E-state index is -2.21. The largest absolute Gasteiger partial charge is 0.504 e. The predicted molar refractivity (Wildman–Crippen MR) is 42.3 cm³/mol. The first kappa shape index (κ1) is 10.3. The Bertz CT molecular complexity index is 376. The number of carboxylic acids is 1. The first-order chi connectivity index (χ1) is 6.45. The summed E-state index contributed by atoms with van der Waals surface area (Å²) in [4.78, 5) is 10.3. The molecule has 1 unspecified atom stereocenters. The number of carbonyl (C=O) groups is 1. The summed E-state index contributed by atoms with van der Waals surface area (Å²) in [6.07, 6.45) is -2.21. The molecule has 0 heterocycles. The number of aromatic hydroxyl groups is 2. The SMILES string of the molecule is O=C(O)C(O)c1c(F)ccc(O)c1O. The van der Waals surface area contributed by atoms with E-state index in [1.807, 2.05) is 0 Å². The molecule has 1 atom stereocenters. The van der Waals surface area contributed by atoms with Crippen molar-refractivity contribution in [1.82, 2.24) is 0 Å². The standard InChI is InChI=1S/C8H7FO5/c9-3-1-2-4(10)6(11)5(3)7(12)8(13)14/h1-2,7,10-12H,(H,13,14). The Morgan fingerprint density at radius 3 is 2.43 bits per heavy atom. The summed E-state index contributed by atoms with van der Waals surface area (Å²) < 4.78 is 12.9. The first-order valence-corrected chi connectivity index (χ1v) is 3.56. The molecular formula is C8H7FO5. The van der Waals surface area contributed by atoms with Gasteiger partial charge in [0.15, 0.2) is 17.6 Å². The Morgan fingerprint density at radius 1 is 1.36 bits per heavy atom. The van der Waals surface area contributed by atoms with Gasteiger partial charge in [0.25, 0.3) is 0 Å². The van der Waals surface area contributed by atoms with E-state index in [0.29, 0.717) is 0 Å². The highest BCUT2D eigenvalue weighted by atomic mass is 19.1. The zero-order valence-corrected chi connectivity index (χ0v) is 6.81. The fraction of sp³-hybridized carbons (Fsp3) is 0.125. The zero-order chi connectivity index (χ0) is 10.9. The fourth-order valence-corrected chi connectivity index (χ4v) is 0.955. The minimum absolute atomic E-state index is 0.693. The molecule has 0 saturated carbocycles. The quantitative estimate of drug-likeness (QED) is 0.519.